The second-order valence-corrected chi connectivity index (χ2v) is 5.91. The van der Waals surface area contributed by atoms with Crippen LogP contribution < -0.4 is 0 Å². The fourth-order valence-corrected chi connectivity index (χ4v) is 1.62. The average Bonchev–Trinajstić information content (AvgIpc) is 2.43. The molecule has 1 unspecified atom stereocenters. The molecule has 0 aliphatic rings. The minimum atomic E-state index is -0.964. The minimum absolute atomic E-state index is 0.0663. The molecule has 0 amide bonds. The first-order chi connectivity index (χ1) is 10.6. The van der Waals surface area contributed by atoms with Crippen molar-refractivity contribution in [2.45, 2.75) is 59.4 Å². The Morgan fingerprint density at radius 3 is 2.04 bits per heavy atom. The molecule has 0 N–H and O–H groups in total. The molecule has 0 heterocycles. The van der Waals surface area contributed by atoms with Crippen LogP contribution in [-0.2, 0) is 28.6 Å². The van der Waals surface area contributed by atoms with E-state index in [1.165, 1.54) is 6.92 Å². The molecule has 0 radical (unpaired) electrons. The van der Waals surface area contributed by atoms with Gasteiger partial charge in [-0.15, -0.1) is 0 Å². The smallest absolute Gasteiger partial charge is 0.312 e. The largest absolute Gasteiger partial charge is 0.462 e. The van der Waals surface area contributed by atoms with Crippen LogP contribution in [0.5, 0.6) is 0 Å². The maximum atomic E-state index is 11.9. The summed E-state index contributed by atoms with van der Waals surface area (Å²) in [6.07, 6.45) is -0.813. The number of rotatable bonds is 10. The zero-order chi connectivity index (χ0) is 18.0. The summed E-state index contributed by atoms with van der Waals surface area (Å²) in [6.45, 7) is 7.23. The Hall–Kier alpha value is -1.63. The summed E-state index contributed by atoms with van der Waals surface area (Å²) in [5, 5.41) is 0. The molecule has 0 saturated heterocycles. The highest BCUT2D eigenvalue weighted by molar-refractivity contribution is 5.73. The maximum Gasteiger partial charge on any atom is 0.312 e. The summed E-state index contributed by atoms with van der Waals surface area (Å²) < 4.78 is 15.3. The van der Waals surface area contributed by atoms with E-state index >= 15 is 0 Å². The van der Waals surface area contributed by atoms with Crippen molar-refractivity contribution in [3.8, 4) is 0 Å². The Morgan fingerprint density at radius 1 is 0.957 bits per heavy atom. The lowest BCUT2D eigenvalue weighted by Gasteiger charge is -2.20. The molecule has 0 fully saturated rings. The molecule has 2 atom stereocenters. The molecule has 7 nitrogen and oxygen atoms in total. The van der Waals surface area contributed by atoms with E-state index in [2.05, 4.69) is 0 Å². The number of hydrogen-bond donors (Lipinski definition) is 0. The third kappa shape index (κ3) is 10.7. The summed E-state index contributed by atoms with van der Waals surface area (Å²) in [5.41, 5.74) is 0. The highest BCUT2D eigenvalue weighted by Crippen LogP contribution is 2.10. The predicted molar refractivity (Wildman–Crippen MR) is 84.4 cm³/mol. The predicted octanol–water partition coefficient (Wildman–Crippen LogP) is 1.74. The lowest BCUT2D eigenvalue weighted by Crippen LogP contribution is -2.29. The third-order valence-corrected chi connectivity index (χ3v) is 2.93. The van der Waals surface area contributed by atoms with E-state index in [1.807, 2.05) is 19.0 Å². The highest BCUT2D eigenvalue weighted by Gasteiger charge is 2.22. The first-order valence-electron chi connectivity index (χ1n) is 7.89. The van der Waals surface area contributed by atoms with E-state index in [0.29, 0.717) is 13.0 Å². The van der Waals surface area contributed by atoms with Crippen molar-refractivity contribution in [2.24, 2.45) is 5.92 Å². The molecule has 0 aromatic carbocycles. The Bertz CT molecular complexity index is 394. The second kappa shape index (κ2) is 11.0. The van der Waals surface area contributed by atoms with Gasteiger partial charge < -0.3 is 19.1 Å². The summed E-state index contributed by atoms with van der Waals surface area (Å²) in [6, 6.07) is 0. The SMILES string of the molecule is CCC(=O)O[C@@H](CCN(C)C)CC(=O)OC(C)OC(=O)C(C)C. The van der Waals surface area contributed by atoms with Crippen molar-refractivity contribution in [3.05, 3.63) is 0 Å². The summed E-state index contributed by atoms with van der Waals surface area (Å²) >= 11 is 0. The number of carbonyl (C=O) groups excluding carboxylic acids is 3. The molecule has 0 spiro atoms. The Kier molecular flexibility index (Phi) is 10.2. The van der Waals surface area contributed by atoms with Crippen LogP contribution in [0.3, 0.4) is 0 Å². The standard InChI is InChI=1S/C16H29NO6/c1-7-14(18)23-13(8-9-17(5)6)10-15(19)21-12(4)22-16(20)11(2)3/h11-13H,7-10H2,1-6H3/t12?,13-/m0/s1. The molecule has 0 rings (SSSR count). The van der Waals surface area contributed by atoms with Crippen LogP contribution >= 0.6 is 0 Å². The van der Waals surface area contributed by atoms with Crippen LogP contribution in [0.1, 0.15) is 47.0 Å². The van der Waals surface area contributed by atoms with Gasteiger partial charge in [-0.2, -0.15) is 0 Å². The van der Waals surface area contributed by atoms with Gasteiger partial charge >= 0.3 is 17.9 Å². The normalized spacial score (nSPS) is 13.6. The van der Waals surface area contributed by atoms with Gasteiger partial charge in [0.1, 0.15) is 6.10 Å². The van der Waals surface area contributed by atoms with E-state index in [-0.39, 0.29) is 24.7 Å². The number of ether oxygens (including phenoxy) is 3. The molecule has 0 aliphatic carbocycles. The molecular weight excluding hydrogens is 302 g/mol. The van der Waals surface area contributed by atoms with Crippen molar-refractivity contribution in [1.29, 1.82) is 0 Å². The number of nitrogens with zero attached hydrogens (tertiary/aromatic N) is 1. The van der Waals surface area contributed by atoms with Gasteiger partial charge in [-0.1, -0.05) is 20.8 Å². The van der Waals surface area contributed by atoms with Gasteiger partial charge in [0.05, 0.1) is 12.3 Å². The van der Waals surface area contributed by atoms with Crippen LogP contribution in [0.2, 0.25) is 0 Å². The molecule has 23 heavy (non-hydrogen) atoms. The van der Waals surface area contributed by atoms with E-state index in [4.69, 9.17) is 14.2 Å². The minimum Gasteiger partial charge on any atom is -0.462 e. The van der Waals surface area contributed by atoms with Crippen molar-refractivity contribution >= 4 is 17.9 Å². The molecule has 0 aromatic heterocycles. The van der Waals surface area contributed by atoms with Crippen LogP contribution in [0.4, 0.5) is 0 Å². The zero-order valence-electron chi connectivity index (χ0n) is 15.0. The summed E-state index contributed by atoms with van der Waals surface area (Å²) in [5.74, 6) is -1.66. The van der Waals surface area contributed by atoms with Gasteiger partial charge in [0, 0.05) is 19.9 Å². The van der Waals surface area contributed by atoms with E-state index < -0.39 is 24.3 Å². The molecule has 0 aliphatic heterocycles. The quantitative estimate of drug-likeness (QED) is 0.445. The molecule has 7 heteroatoms. The van der Waals surface area contributed by atoms with E-state index in [0.717, 1.165) is 0 Å². The molecule has 0 aromatic rings. The first-order valence-corrected chi connectivity index (χ1v) is 7.89. The third-order valence-electron chi connectivity index (χ3n) is 2.93. The van der Waals surface area contributed by atoms with Gasteiger partial charge in [-0.05, 0) is 20.5 Å². The fourth-order valence-electron chi connectivity index (χ4n) is 1.62. The molecular formula is C16H29NO6. The van der Waals surface area contributed by atoms with Gasteiger partial charge in [-0.25, -0.2) is 0 Å². The first kappa shape index (κ1) is 21.4. The van der Waals surface area contributed by atoms with Gasteiger partial charge in [-0.3, -0.25) is 14.4 Å². The molecule has 0 bridgehead atoms. The highest BCUT2D eigenvalue weighted by atomic mass is 16.7. The van der Waals surface area contributed by atoms with E-state index in [9.17, 15) is 14.4 Å². The Balaban J connectivity index is 4.44. The van der Waals surface area contributed by atoms with Crippen LogP contribution in [0.15, 0.2) is 0 Å². The van der Waals surface area contributed by atoms with Crippen LogP contribution in [0, 0.1) is 5.92 Å². The van der Waals surface area contributed by atoms with Crippen molar-refractivity contribution in [1.82, 2.24) is 4.90 Å². The lowest BCUT2D eigenvalue weighted by atomic mass is 10.2. The van der Waals surface area contributed by atoms with Gasteiger partial charge in [0.25, 0.3) is 0 Å². The van der Waals surface area contributed by atoms with Crippen LogP contribution in [-0.4, -0.2) is 55.8 Å². The lowest BCUT2D eigenvalue weighted by molar-refractivity contribution is -0.188. The average molecular weight is 331 g/mol. The van der Waals surface area contributed by atoms with Crippen molar-refractivity contribution in [3.63, 3.8) is 0 Å². The Labute approximate surface area is 138 Å². The zero-order valence-corrected chi connectivity index (χ0v) is 15.0. The van der Waals surface area contributed by atoms with Gasteiger partial charge in [0.2, 0.25) is 6.29 Å². The van der Waals surface area contributed by atoms with Crippen molar-refractivity contribution in [2.75, 3.05) is 20.6 Å². The monoisotopic (exact) mass is 331 g/mol. The van der Waals surface area contributed by atoms with E-state index in [1.54, 1.807) is 20.8 Å². The fraction of sp³-hybridized carbons (Fsp3) is 0.812. The second-order valence-electron chi connectivity index (χ2n) is 5.91. The number of hydrogen-bond acceptors (Lipinski definition) is 7. The van der Waals surface area contributed by atoms with Gasteiger partial charge in [0.15, 0.2) is 0 Å². The van der Waals surface area contributed by atoms with Crippen molar-refractivity contribution < 1.29 is 28.6 Å². The number of esters is 3. The number of carbonyl (C=O) groups is 3. The topological polar surface area (TPSA) is 82.1 Å². The molecule has 0 saturated carbocycles. The molecule has 134 valence electrons. The van der Waals surface area contributed by atoms with Crippen LogP contribution in [0.25, 0.3) is 0 Å². The Morgan fingerprint density at radius 2 is 1.57 bits per heavy atom. The summed E-state index contributed by atoms with van der Waals surface area (Å²) in [4.78, 5) is 36.7. The maximum absolute atomic E-state index is 11.9. The summed E-state index contributed by atoms with van der Waals surface area (Å²) in [7, 11) is 3.79.